The molecule has 1 atom stereocenters. The fourth-order valence-electron chi connectivity index (χ4n) is 3.10. The van der Waals surface area contributed by atoms with Crippen LogP contribution in [-0.2, 0) is 16.5 Å². The Balaban J connectivity index is 1.65. The van der Waals surface area contributed by atoms with Crippen LogP contribution in [0.3, 0.4) is 0 Å². The van der Waals surface area contributed by atoms with Crippen LogP contribution < -0.4 is 10.4 Å². The third-order valence-electron chi connectivity index (χ3n) is 4.74. The van der Waals surface area contributed by atoms with Crippen molar-refractivity contribution in [2.75, 3.05) is 11.6 Å². The van der Waals surface area contributed by atoms with Crippen LogP contribution in [0.2, 0.25) is 5.02 Å². The Labute approximate surface area is 165 Å². The first-order valence-corrected chi connectivity index (χ1v) is 10.8. The molecule has 144 valence electrons. The van der Waals surface area contributed by atoms with E-state index in [0.29, 0.717) is 17.9 Å². The van der Waals surface area contributed by atoms with Crippen LogP contribution in [0.25, 0.3) is 5.70 Å². The number of para-hydroxylation sites is 1. The molecule has 1 aliphatic rings. The lowest BCUT2D eigenvalue weighted by Crippen LogP contribution is -2.32. The first-order valence-electron chi connectivity index (χ1n) is 8.89. The lowest BCUT2D eigenvalue weighted by atomic mass is 10.0. The van der Waals surface area contributed by atoms with E-state index in [2.05, 4.69) is 22.6 Å². The van der Waals surface area contributed by atoms with Gasteiger partial charge in [0.15, 0.2) is 0 Å². The van der Waals surface area contributed by atoms with E-state index in [-0.39, 0.29) is 0 Å². The predicted molar refractivity (Wildman–Crippen MR) is 110 cm³/mol. The van der Waals surface area contributed by atoms with E-state index < -0.39 is 15.4 Å². The Morgan fingerprint density at radius 1 is 1.19 bits per heavy atom. The Kier molecular flexibility index (Phi) is 6.09. The van der Waals surface area contributed by atoms with Crippen LogP contribution in [-0.4, -0.2) is 24.8 Å². The van der Waals surface area contributed by atoms with Crippen LogP contribution in [0.4, 0.5) is 5.69 Å². The van der Waals surface area contributed by atoms with Gasteiger partial charge in [0.25, 0.3) is 10.1 Å². The van der Waals surface area contributed by atoms with Gasteiger partial charge in [0, 0.05) is 5.02 Å². The van der Waals surface area contributed by atoms with Crippen molar-refractivity contribution >= 4 is 33.1 Å². The minimum absolute atomic E-state index is 0.425. The van der Waals surface area contributed by atoms with E-state index >= 15 is 0 Å². The van der Waals surface area contributed by atoms with E-state index in [9.17, 15) is 8.42 Å². The van der Waals surface area contributed by atoms with Gasteiger partial charge >= 0.3 is 0 Å². The second kappa shape index (κ2) is 8.33. The number of nitrogens with zero attached hydrogens (tertiary/aromatic N) is 1. The summed E-state index contributed by atoms with van der Waals surface area (Å²) in [6, 6.07) is 15.8. The van der Waals surface area contributed by atoms with Gasteiger partial charge in [-0.2, -0.15) is 8.42 Å². The summed E-state index contributed by atoms with van der Waals surface area (Å²) in [4.78, 5) is 0. The average Bonchev–Trinajstić information content (AvgIpc) is 3.12. The molecular weight excluding hydrogens is 384 g/mol. The highest BCUT2D eigenvalue weighted by Gasteiger charge is 2.19. The number of nitrogens with one attached hydrogen (secondary N) is 1. The topological polar surface area (TPSA) is 69.6 Å². The molecule has 1 unspecified atom stereocenters. The minimum Gasteiger partial charge on any atom is -0.298 e. The molecule has 2 aromatic rings. The smallest absolute Gasteiger partial charge is 0.267 e. The summed E-state index contributed by atoms with van der Waals surface area (Å²) in [7, 11) is -3.96. The van der Waals surface area contributed by atoms with E-state index in [4.69, 9.17) is 16.2 Å². The van der Waals surface area contributed by atoms with Crippen molar-refractivity contribution in [3.63, 3.8) is 0 Å². The van der Waals surface area contributed by atoms with Gasteiger partial charge in [-0.3, -0.25) is 15.0 Å². The Hall–Kier alpha value is -2.02. The van der Waals surface area contributed by atoms with Gasteiger partial charge in [0.05, 0.1) is 23.2 Å². The fourth-order valence-corrected chi connectivity index (χ4v) is 3.69. The second-order valence-corrected chi connectivity index (χ2v) is 8.96. The Bertz CT molecular complexity index is 926. The van der Waals surface area contributed by atoms with Gasteiger partial charge in [-0.1, -0.05) is 41.9 Å². The third-order valence-corrected chi connectivity index (χ3v) is 6.24. The molecule has 1 heterocycles. The average molecular weight is 407 g/mol. The van der Waals surface area contributed by atoms with Crippen molar-refractivity contribution in [3.05, 3.63) is 70.8 Å². The highest BCUT2D eigenvalue weighted by atomic mass is 35.5. The number of benzene rings is 2. The van der Waals surface area contributed by atoms with Crippen molar-refractivity contribution in [1.82, 2.24) is 5.43 Å². The summed E-state index contributed by atoms with van der Waals surface area (Å²) >= 11 is 5.96. The van der Waals surface area contributed by atoms with Crippen LogP contribution >= 0.6 is 11.6 Å². The zero-order valence-electron chi connectivity index (χ0n) is 15.1. The van der Waals surface area contributed by atoms with Gasteiger partial charge in [-0.05, 0) is 61.6 Å². The molecular formula is C20H23ClN2O3S. The lowest BCUT2D eigenvalue weighted by Gasteiger charge is -2.23. The van der Waals surface area contributed by atoms with E-state index in [1.165, 1.54) is 6.92 Å². The van der Waals surface area contributed by atoms with E-state index in [1.807, 2.05) is 42.5 Å². The number of hydrogen-bond donors (Lipinski definition) is 2. The molecule has 7 heteroatoms. The highest BCUT2D eigenvalue weighted by Crippen LogP contribution is 2.27. The van der Waals surface area contributed by atoms with Crippen LogP contribution in [0.5, 0.6) is 0 Å². The summed E-state index contributed by atoms with van der Waals surface area (Å²) in [6.07, 6.45) is 3.98. The van der Waals surface area contributed by atoms with Crippen LogP contribution in [0, 0.1) is 0 Å². The molecule has 0 saturated carbocycles. The molecule has 3 rings (SSSR count). The first-order chi connectivity index (χ1) is 12.8. The zero-order valence-corrected chi connectivity index (χ0v) is 16.7. The van der Waals surface area contributed by atoms with Gasteiger partial charge in [-0.25, -0.2) is 0 Å². The quantitative estimate of drug-likeness (QED) is 0.670. The molecule has 0 saturated heterocycles. The van der Waals surface area contributed by atoms with Crippen LogP contribution in [0.1, 0.15) is 30.9 Å². The molecule has 0 radical (unpaired) electrons. The number of aryl methyl sites for hydroxylation is 1. The molecule has 0 aromatic heterocycles. The maximum absolute atomic E-state index is 11.2. The molecule has 5 nitrogen and oxygen atoms in total. The van der Waals surface area contributed by atoms with Gasteiger partial charge < -0.3 is 0 Å². The van der Waals surface area contributed by atoms with Crippen molar-refractivity contribution in [1.29, 1.82) is 0 Å². The van der Waals surface area contributed by atoms with Crippen molar-refractivity contribution < 1.29 is 13.0 Å². The van der Waals surface area contributed by atoms with Gasteiger partial charge in [-0.15, -0.1) is 0 Å². The summed E-state index contributed by atoms with van der Waals surface area (Å²) < 4.78 is 31.4. The fraction of sp³-hybridized carbons (Fsp3) is 0.300. The number of anilines is 1. The van der Waals surface area contributed by atoms with Gasteiger partial charge in [0.1, 0.15) is 0 Å². The second-order valence-electron chi connectivity index (χ2n) is 6.69. The monoisotopic (exact) mass is 406 g/mol. The van der Waals surface area contributed by atoms with Crippen LogP contribution in [0.15, 0.2) is 54.6 Å². The zero-order chi connectivity index (χ0) is 19.4. The SMILES string of the molecule is CC(CCCc1ccccc1N1CC=C(c2ccc(Cl)cc2)N1)S(=O)(=O)O. The van der Waals surface area contributed by atoms with E-state index in [1.54, 1.807) is 0 Å². The van der Waals surface area contributed by atoms with Crippen molar-refractivity contribution in [2.24, 2.45) is 0 Å². The normalized spacial score (nSPS) is 15.4. The number of rotatable bonds is 7. The number of halogens is 1. The number of hydrazine groups is 1. The molecule has 0 aliphatic carbocycles. The summed E-state index contributed by atoms with van der Waals surface area (Å²) in [5.41, 5.74) is 7.73. The first kappa shape index (κ1) is 19.7. The molecule has 0 bridgehead atoms. The Morgan fingerprint density at radius 3 is 2.59 bits per heavy atom. The van der Waals surface area contributed by atoms with Crippen molar-refractivity contribution in [3.8, 4) is 0 Å². The molecule has 2 N–H and O–H groups in total. The predicted octanol–water partition coefficient (Wildman–Crippen LogP) is 4.30. The molecule has 0 spiro atoms. The summed E-state index contributed by atoms with van der Waals surface area (Å²) in [6.45, 7) is 2.27. The molecule has 27 heavy (non-hydrogen) atoms. The van der Waals surface area contributed by atoms with Gasteiger partial charge in [0.2, 0.25) is 0 Å². The molecule has 2 aromatic carbocycles. The van der Waals surface area contributed by atoms with Crippen molar-refractivity contribution in [2.45, 2.75) is 31.4 Å². The minimum atomic E-state index is -3.96. The Morgan fingerprint density at radius 2 is 1.89 bits per heavy atom. The number of hydrogen-bond acceptors (Lipinski definition) is 4. The summed E-state index contributed by atoms with van der Waals surface area (Å²) in [5, 5.41) is 2.04. The summed E-state index contributed by atoms with van der Waals surface area (Å²) in [5.74, 6) is 0. The highest BCUT2D eigenvalue weighted by molar-refractivity contribution is 7.86. The standard InChI is InChI=1S/C20H23ClN2O3S/c1-15(27(24,25)26)5-4-7-17-6-2-3-8-20(17)23-14-13-19(22-23)16-9-11-18(21)12-10-16/h2-3,6,8-13,15,22H,4-5,7,14H2,1H3,(H,24,25,26). The molecule has 1 aliphatic heterocycles. The molecule has 0 amide bonds. The maximum atomic E-state index is 11.2. The largest absolute Gasteiger partial charge is 0.298 e. The molecule has 0 fully saturated rings. The third kappa shape index (κ3) is 5.03. The van der Waals surface area contributed by atoms with E-state index in [0.717, 1.165) is 35.5 Å². The lowest BCUT2D eigenvalue weighted by molar-refractivity contribution is 0.464. The maximum Gasteiger partial charge on any atom is 0.267 e.